The minimum absolute atomic E-state index is 0.586. The van der Waals surface area contributed by atoms with Crippen LogP contribution in [0.15, 0.2) is 18.5 Å². The Kier molecular flexibility index (Phi) is 3.65. The van der Waals surface area contributed by atoms with Gasteiger partial charge in [-0.25, -0.2) is 0 Å². The SMILES string of the molecule is CCC1CCCC(Nc2ccncc2N)C1. The number of rotatable bonds is 3. The van der Waals surface area contributed by atoms with Crippen LogP contribution in [-0.4, -0.2) is 11.0 Å². The Morgan fingerprint density at radius 3 is 3.12 bits per heavy atom. The average molecular weight is 219 g/mol. The molecule has 0 aromatic carbocycles. The molecule has 0 bridgehead atoms. The molecule has 3 nitrogen and oxygen atoms in total. The summed E-state index contributed by atoms with van der Waals surface area (Å²) in [7, 11) is 0. The predicted octanol–water partition coefficient (Wildman–Crippen LogP) is 3.04. The second-order valence-corrected chi connectivity index (χ2v) is 4.75. The molecule has 1 fully saturated rings. The zero-order chi connectivity index (χ0) is 11.4. The van der Waals surface area contributed by atoms with E-state index in [9.17, 15) is 0 Å². The Bertz CT molecular complexity index is 338. The molecule has 1 aliphatic rings. The van der Waals surface area contributed by atoms with Crippen LogP contribution in [0.3, 0.4) is 0 Å². The van der Waals surface area contributed by atoms with Gasteiger partial charge in [0, 0.05) is 12.2 Å². The van der Waals surface area contributed by atoms with Crippen molar-refractivity contribution in [3.05, 3.63) is 18.5 Å². The van der Waals surface area contributed by atoms with Crippen molar-refractivity contribution in [3.63, 3.8) is 0 Å². The number of nitrogens with zero attached hydrogens (tertiary/aromatic N) is 1. The van der Waals surface area contributed by atoms with Crippen LogP contribution in [0.5, 0.6) is 0 Å². The Hall–Kier alpha value is -1.25. The molecule has 0 radical (unpaired) electrons. The van der Waals surface area contributed by atoms with Gasteiger partial charge < -0.3 is 11.1 Å². The van der Waals surface area contributed by atoms with Gasteiger partial charge in [-0.15, -0.1) is 0 Å². The summed E-state index contributed by atoms with van der Waals surface area (Å²) in [6, 6.07) is 2.55. The zero-order valence-corrected chi connectivity index (χ0v) is 9.95. The molecule has 88 valence electrons. The number of hydrogen-bond acceptors (Lipinski definition) is 3. The Labute approximate surface area is 97.5 Å². The van der Waals surface area contributed by atoms with Crippen molar-refractivity contribution in [2.45, 2.75) is 45.1 Å². The average Bonchev–Trinajstić information content (AvgIpc) is 2.32. The molecule has 0 saturated heterocycles. The van der Waals surface area contributed by atoms with Gasteiger partial charge in [-0.2, -0.15) is 0 Å². The van der Waals surface area contributed by atoms with Crippen molar-refractivity contribution in [3.8, 4) is 0 Å². The molecule has 3 heteroatoms. The number of anilines is 2. The number of pyridine rings is 1. The quantitative estimate of drug-likeness (QED) is 0.821. The van der Waals surface area contributed by atoms with E-state index in [4.69, 9.17) is 5.73 Å². The van der Waals surface area contributed by atoms with E-state index in [0.29, 0.717) is 6.04 Å². The summed E-state index contributed by atoms with van der Waals surface area (Å²) >= 11 is 0. The minimum atomic E-state index is 0.586. The lowest BCUT2D eigenvalue weighted by molar-refractivity contribution is 0.327. The summed E-state index contributed by atoms with van der Waals surface area (Å²) in [5.74, 6) is 0.884. The first-order valence-corrected chi connectivity index (χ1v) is 6.25. The maximum atomic E-state index is 5.88. The Balaban J connectivity index is 1.97. The maximum absolute atomic E-state index is 5.88. The van der Waals surface area contributed by atoms with E-state index >= 15 is 0 Å². The largest absolute Gasteiger partial charge is 0.396 e. The number of nitrogen functional groups attached to an aromatic ring is 1. The summed E-state index contributed by atoms with van der Waals surface area (Å²) in [5, 5.41) is 3.55. The van der Waals surface area contributed by atoms with Crippen LogP contribution >= 0.6 is 0 Å². The van der Waals surface area contributed by atoms with Crippen molar-refractivity contribution >= 4 is 11.4 Å². The number of nitrogens with two attached hydrogens (primary N) is 1. The minimum Gasteiger partial charge on any atom is -0.396 e. The molecule has 2 atom stereocenters. The monoisotopic (exact) mass is 219 g/mol. The summed E-state index contributed by atoms with van der Waals surface area (Å²) in [6.45, 7) is 2.29. The first-order chi connectivity index (χ1) is 7.79. The third kappa shape index (κ3) is 2.65. The van der Waals surface area contributed by atoms with E-state index in [0.717, 1.165) is 17.3 Å². The highest BCUT2D eigenvalue weighted by Gasteiger charge is 2.20. The molecule has 0 amide bonds. The zero-order valence-electron chi connectivity index (χ0n) is 9.95. The van der Waals surface area contributed by atoms with Gasteiger partial charge >= 0.3 is 0 Å². The van der Waals surface area contributed by atoms with Crippen LogP contribution in [0.2, 0.25) is 0 Å². The Morgan fingerprint density at radius 1 is 1.50 bits per heavy atom. The van der Waals surface area contributed by atoms with E-state index in [-0.39, 0.29) is 0 Å². The lowest BCUT2D eigenvalue weighted by Gasteiger charge is -2.30. The second-order valence-electron chi connectivity index (χ2n) is 4.75. The Morgan fingerprint density at radius 2 is 2.38 bits per heavy atom. The third-order valence-corrected chi connectivity index (χ3v) is 3.57. The second kappa shape index (κ2) is 5.19. The van der Waals surface area contributed by atoms with Gasteiger partial charge in [-0.1, -0.05) is 26.2 Å². The van der Waals surface area contributed by atoms with E-state index < -0.39 is 0 Å². The first kappa shape index (κ1) is 11.2. The van der Waals surface area contributed by atoms with Crippen LogP contribution < -0.4 is 11.1 Å². The highest BCUT2D eigenvalue weighted by Crippen LogP contribution is 2.29. The topological polar surface area (TPSA) is 50.9 Å². The molecule has 1 aliphatic carbocycles. The number of hydrogen-bond donors (Lipinski definition) is 2. The highest BCUT2D eigenvalue weighted by molar-refractivity contribution is 5.64. The van der Waals surface area contributed by atoms with Gasteiger partial charge in [0.25, 0.3) is 0 Å². The molecule has 1 aromatic rings. The highest BCUT2D eigenvalue weighted by atomic mass is 14.9. The predicted molar refractivity (Wildman–Crippen MR) is 68.3 cm³/mol. The van der Waals surface area contributed by atoms with Gasteiger partial charge in [0.2, 0.25) is 0 Å². The molecule has 3 N–H and O–H groups in total. The fourth-order valence-electron chi connectivity index (χ4n) is 2.55. The van der Waals surface area contributed by atoms with Crippen LogP contribution in [0.1, 0.15) is 39.0 Å². The normalized spacial score (nSPS) is 25.3. The molecule has 2 rings (SSSR count). The van der Waals surface area contributed by atoms with Crippen molar-refractivity contribution in [2.75, 3.05) is 11.1 Å². The van der Waals surface area contributed by atoms with Gasteiger partial charge in [-0.05, 0) is 24.8 Å². The van der Waals surface area contributed by atoms with Crippen LogP contribution in [-0.2, 0) is 0 Å². The fraction of sp³-hybridized carbons (Fsp3) is 0.615. The number of aromatic nitrogens is 1. The lowest BCUT2D eigenvalue weighted by Crippen LogP contribution is -2.27. The summed E-state index contributed by atoms with van der Waals surface area (Å²) < 4.78 is 0. The van der Waals surface area contributed by atoms with Gasteiger partial charge in [-0.3, -0.25) is 4.98 Å². The van der Waals surface area contributed by atoms with E-state index in [1.54, 1.807) is 12.4 Å². The van der Waals surface area contributed by atoms with Crippen LogP contribution in [0, 0.1) is 5.92 Å². The van der Waals surface area contributed by atoms with Crippen molar-refractivity contribution in [2.24, 2.45) is 5.92 Å². The molecular weight excluding hydrogens is 198 g/mol. The third-order valence-electron chi connectivity index (χ3n) is 3.57. The maximum Gasteiger partial charge on any atom is 0.0736 e. The van der Waals surface area contributed by atoms with Crippen LogP contribution in [0.4, 0.5) is 11.4 Å². The summed E-state index contributed by atoms with van der Waals surface area (Å²) in [6.07, 6.45) is 10.1. The number of nitrogens with one attached hydrogen (secondary N) is 1. The fourth-order valence-corrected chi connectivity index (χ4v) is 2.55. The first-order valence-electron chi connectivity index (χ1n) is 6.25. The molecule has 1 aromatic heterocycles. The smallest absolute Gasteiger partial charge is 0.0736 e. The summed E-state index contributed by atoms with van der Waals surface area (Å²) in [5.41, 5.74) is 7.67. The molecule has 0 aliphatic heterocycles. The van der Waals surface area contributed by atoms with E-state index in [1.807, 2.05) is 6.07 Å². The van der Waals surface area contributed by atoms with Gasteiger partial charge in [0.15, 0.2) is 0 Å². The molecule has 2 unspecified atom stereocenters. The van der Waals surface area contributed by atoms with E-state index in [1.165, 1.54) is 32.1 Å². The molecule has 1 heterocycles. The molecule has 1 saturated carbocycles. The van der Waals surface area contributed by atoms with Crippen molar-refractivity contribution < 1.29 is 0 Å². The van der Waals surface area contributed by atoms with Crippen molar-refractivity contribution in [1.29, 1.82) is 0 Å². The van der Waals surface area contributed by atoms with Gasteiger partial charge in [0.1, 0.15) is 0 Å². The standard InChI is InChI=1S/C13H21N3/c1-2-10-4-3-5-11(8-10)16-13-6-7-15-9-12(13)14/h6-7,9-11H,2-5,8,14H2,1H3,(H,15,16). The van der Waals surface area contributed by atoms with Crippen LogP contribution in [0.25, 0.3) is 0 Å². The molecule has 16 heavy (non-hydrogen) atoms. The van der Waals surface area contributed by atoms with E-state index in [2.05, 4.69) is 17.2 Å². The molecule has 0 spiro atoms. The lowest BCUT2D eigenvalue weighted by atomic mass is 9.84. The van der Waals surface area contributed by atoms with Gasteiger partial charge in [0.05, 0.1) is 17.6 Å². The molecular formula is C13H21N3. The summed E-state index contributed by atoms with van der Waals surface area (Å²) in [4.78, 5) is 4.00. The van der Waals surface area contributed by atoms with Crippen molar-refractivity contribution in [1.82, 2.24) is 4.98 Å².